The molecule has 0 rings (SSSR count). The largest absolute Gasteiger partial charge is 0.399 e. The minimum atomic E-state index is -0.605. The number of hydrogen-bond acceptors (Lipinski definition) is 4. The molecule has 5 nitrogen and oxygen atoms in total. The fourth-order valence-electron chi connectivity index (χ4n) is 0.372. The molecule has 0 aliphatic heterocycles. The van der Waals surface area contributed by atoms with Crippen LogP contribution in [0, 0.1) is 10.1 Å². The molecule has 0 radical (unpaired) electrons. The van der Waals surface area contributed by atoms with Crippen LogP contribution in [0.3, 0.4) is 0 Å². The summed E-state index contributed by atoms with van der Waals surface area (Å²) in [7, 11) is 0. The molecule has 11 heavy (non-hydrogen) atoms. The predicted octanol–water partition coefficient (Wildman–Crippen LogP) is 0.320. The summed E-state index contributed by atoms with van der Waals surface area (Å²) in [5.41, 5.74) is 4.72. The fourth-order valence-corrected chi connectivity index (χ4v) is 0.372. The third-order valence-electron chi connectivity index (χ3n) is 0.840. The molecule has 0 bridgehead atoms. The van der Waals surface area contributed by atoms with Crippen molar-refractivity contribution in [2.45, 2.75) is 0 Å². The molecule has 0 aromatic heterocycles. The standard InChI is InChI=1S/C6H9N3O2/c1-2-3-8-5-6(4-7)9(10)11/h2,4-5H,1,3,7H2. The summed E-state index contributed by atoms with van der Waals surface area (Å²) < 4.78 is 0. The maximum Gasteiger partial charge on any atom is 0.302 e. The Labute approximate surface area is 64.1 Å². The molecule has 0 saturated carbocycles. The van der Waals surface area contributed by atoms with Crippen LogP contribution in [-0.4, -0.2) is 17.7 Å². The zero-order valence-electron chi connectivity index (χ0n) is 5.93. The van der Waals surface area contributed by atoms with E-state index in [1.54, 1.807) is 0 Å². The van der Waals surface area contributed by atoms with E-state index < -0.39 is 4.92 Å². The van der Waals surface area contributed by atoms with Crippen LogP contribution in [-0.2, 0) is 0 Å². The van der Waals surface area contributed by atoms with Crippen LogP contribution in [0.5, 0.6) is 0 Å². The van der Waals surface area contributed by atoms with Crippen molar-refractivity contribution in [2.24, 2.45) is 10.7 Å². The highest BCUT2D eigenvalue weighted by molar-refractivity contribution is 5.75. The zero-order valence-corrected chi connectivity index (χ0v) is 5.93. The highest BCUT2D eigenvalue weighted by atomic mass is 16.6. The van der Waals surface area contributed by atoms with E-state index in [0.717, 1.165) is 12.4 Å². The van der Waals surface area contributed by atoms with Crippen molar-refractivity contribution in [1.29, 1.82) is 0 Å². The Morgan fingerprint density at radius 2 is 2.45 bits per heavy atom. The molecule has 0 aliphatic carbocycles. The average molecular weight is 155 g/mol. The molecule has 0 spiro atoms. The molecule has 0 saturated heterocycles. The molecule has 5 heteroatoms. The maximum atomic E-state index is 10.1. The second-order valence-corrected chi connectivity index (χ2v) is 1.63. The van der Waals surface area contributed by atoms with Gasteiger partial charge in [-0.05, 0) is 0 Å². The maximum absolute atomic E-state index is 10.1. The fraction of sp³-hybridized carbons (Fsp3) is 0.167. The highest BCUT2D eigenvalue weighted by Crippen LogP contribution is 1.87. The van der Waals surface area contributed by atoms with Crippen molar-refractivity contribution in [1.82, 2.24) is 0 Å². The van der Waals surface area contributed by atoms with Crippen molar-refractivity contribution in [3.8, 4) is 0 Å². The summed E-state index contributed by atoms with van der Waals surface area (Å²) >= 11 is 0. The SMILES string of the molecule is C=CCN=CC(=CN)[N+](=O)[O-]. The molecule has 60 valence electrons. The van der Waals surface area contributed by atoms with Gasteiger partial charge in [-0.25, -0.2) is 0 Å². The number of nitro groups is 1. The molecular formula is C6H9N3O2. The second-order valence-electron chi connectivity index (χ2n) is 1.63. The van der Waals surface area contributed by atoms with Gasteiger partial charge >= 0.3 is 5.70 Å². The molecule has 0 atom stereocenters. The topological polar surface area (TPSA) is 81.5 Å². The first-order valence-electron chi connectivity index (χ1n) is 2.89. The van der Waals surface area contributed by atoms with Gasteiger partial charge in [0.25, 0.3) is 0 Å². The van der Waals surface area contributed by atoms with Gasteiger partial charge in [0.2, 0.25) is 0 Å². The molecule has 0 aliphatic rings. The first-order chi connectivity index (χ1) is 5.22. The summed E-state index contributed by atoms with van der Waals surface area (Å²) in [4.78, 5) is 13.1. The predicted molar refractivity (Wildman–Crippen MR) is 42.8 cm³/mol. The normalized spacial score (nSPS) is 11.8. The van der Waals surface area contributed by atoms with Crippen LogP contribution in [0.1, 0.15) is 0 Å². The van der Waals surface area contributed by atoms with Gasteiger partial charge in [-0.15, -0.1) is 6.58 Å². The molecule has 0 fully saturated rings. The molecule has 2 N–H and O–H groups in total. The van der Waals surface area contributed by atoms with Crippen LogP contribution in [0.4, 0.5) is 0 Å². The Kier molecular flexibility index (Phi) is 4.39. The molecular weight excluding hydrogens is 146 g/mol. The average Bonchev–Trinajstić information content (AvgIpc) is 1.97. The molecule has 0 unspecified atom stereocenters. The van der Waals surface area contributed by atoms with E-state index in [1.165, 1.54) is 6.08 Å². The van der Waals surface area contributed by atoms with Gasteiger partial charge in [-0.2, -0.15) is 0 Å². The monoisotopic (exact) mass is 155 g/mol. The summed E-state index contributed by atoms with van der Waals surface area (Å²) in [6.45, 7) is 3.75. The van der Waals surface area contributed by atoms with Gasteiger partial charge in [-0.1, -0.05) is 6.08 Å². The molecule has 0 heterocycles. The van der Waals surface area contributed by atoms with Gasteiger partial charge in [0.1, 0.15) is 6.21 Å². The number of rotatable bonds is 4. The van der Waals surface area contributed by atoms with E-state index in [0.29, 0.717) is 6.54 Å². The van der Waals surface area contributed by atoms with Gasteiger partial charge in [-0.3, -0.25) is 15.1 Å². The van der Waals surface area contributed by atoms with E-state index in [1.807, 2.05) is 0 Å². The number of nitrogens with zero attached hydrogens (tertiary/aromatic N) is 2. The minimum Gasteiger partial charge on any atom is -0.399 e. The Hall–Kier alpha value is -1.65. The van der Waals surface area contributed by atoms with E-state index in [4.69, 9.17) is 5.73 Å². The lowest BCUT2D eigenvalue weighted by Gasteiger charge is -1.86. The first-order valence-corrected chi connectivity index (χ1v) is 2.89. The van der Waals surface area contributed by atoms with Crippen LogP contribution >= 0.6 is 0 Å². The van der Waals surface area contributed by atoms with E-state index in [-0.39, 0.29) is 5.70 Å². The van der Waals surface area contributed by atoms with Crippen molar-refractivity contribution in [3.05, 3.63) is 34.7 Å². The second kappa shape index (κ2) is 5.16. The number of allylic oxidation sites excluding steroid dienone is 1. The quantitative estimate of drug-likeness (QED) is 0.274. The van der Waals surface area contributed by atoms with Gasteiger partial charge in [0.15, 0.2) is 0 Å². The van der Waals surface area contributed by atoms with Crippen molar-refractivity contribution < 1.29 is 4.92 Å². The van der Waals surface area contributed by atoms with Gasteiger partial charge in [0, 0.05) is 0 Å². The third-order valence-corrected chi connectivity index (χ3v) is 0.840. The number of nitrogens with two attached hydrogens (primary N) is 1. The Balaban J connectivity index is 4.10. The van der Waals surface area contributed by atoms with E-state index >= 15 is 0 Å². The van der Waals surface area contributed by atoms with Gasteiger partial charge in [0.05, 0.1) is 17.7 Å². The summed E-state index contributed by atoms with van der Waals surface area (Å²) in [6, 6.07) is 0. The third kappa shape index (κ3) is 3.85. The molecule has 0 amide bonds. The summed E-state index contributed by atoms with van der Waals surface area (Å²) in [5.74, 6) is 0. The smallest absolute Gasteiger partial charge is 0.302 e. The summed E-state index contributed by atoms with van der Waals surface area (Å²) in [5, 5.41) is 10.1. The number of aliphatic imine (C=N–C) groups is 1. The Bertz CT molecular complexity index is 208. The highest BCUT2D eigenvalue weighted by Gasteiger charge is 2.02. The zero-order chi connectivity index (χ0) is 8.69. The van der Waals surface area contributed by atoms with Crippen molar-refractivity contribution in [2.75, 3.05) is 6.54 Å². The van der Waals surface area contributed by atoms with Crippen molar-refractivity contribution >= 4 is 6.21 Å². The lowest BCUT2D eigenvalue weighted by molar-refractivity contribution is -0.414. The lowest BCUT2D eigenvalue weighted by Crippen LogP contribution is -2.02. The van der Waals surface area contributed by atoms with E-state index in [2.05, 4.69) is 11.6 Å². The number of hydrogen-bond donors (Lipinski definition) is 1. The van der Waals surface area contributed by atoms with E-state index in [9.17, 15) is 10.1 Å². The van der Waals surface area contributed by atoms with Gasteiger partial charge < -0.3 is 5.73 Å². The van der Waals surface area contributed by atoms with Crippen LogP contribution in [0.25, 0.3) is 0 Å². The Morgan fingerprint density at radius 1 is 1.82 bits per heavy atom. The van der Waals surface area contributed by atoms with Crippen LogP contribution in [0.2, 0.25) is 0 Å². The first kappa shape index (κ1) is 9.35. The molecule has 0 aromatic carbocycles. The van der Waals surface area contributed by atoms with Crippen LogP contribution in [0.15, 0.2) is 29.5 Å². The summed E-state index contributed by atoms with van der Waals surface area (Å²) in [6.07, 6.45) is 3.53. The molecule has 0 aromatic rings. The Morgan fingerprint density at radius 3 is 2.82 bits per heavy atom. The minimum absolute atomic E-state index is 0.216. The van der Waals surface area contributed by atoms with Crippen LogP contribution < -0.4 is 5.73 Å². The lowest BCUT2D eigenvalue weighted by atomic mass is 10.5. The van der Waals surface area contributed by atoms with Crippen molar-refractivity contribution in [3.63, 3.8) is 0 Å².